The predicted octanol–water partition coefficient (Wildman–Crippen LogP) is 23.9. The molecule has 0 heterocycles. The zero-order valence-electron chi connectivity index (χ0n) is 58.3. The Hall–Kier alpha value is -2.55. The Bertz CT molecular complexity index is 1720. The molecule has 0 aliphatic rings. The highest BCUT2D eigenvalue weighted by atomic mass is 31.2. The number of phosphoric acid groups is 1. The number of carbonyl (C=O) groups is 2. The van der Waals surface area contributed by atoms with E-state index in [4.69, 9.17) is 13.8 Å². The number of amides is 1. The molecular formula is C77H144N2O7P+. The van der Waals surface area contributed by atoms with E-state index in [0.717, 1.165) is 77.0 Å². The monoisotopic (exact) mass is 1240 g/mol. The normalized spacial score (nSPS) is 13.9. The maximum Gasteiger partial charge on any atom is 0.472 e. The Labute approximate surface area is 540 Å². The third-order valence-corrected chi connectivity index (χ3v) is 17.6. The maximum absolute atomic E-state index is 13.6. The summed E-state index contributed by atoms with van der Waals surface area (Å²) in [6.45, 7) is 7.01. The molecule has 3 atom stereocenters. The lowest BCUT2D eigenvalue weighted by atomic mass is 10.0. The average Bonchev–Trinajstić information content (AvgIpc) is 3.70. The van der Waals surface area contributed by atoms with Crippen LogP contribution in [0.5, 0.6) is 0 Å². The molecule has 0 aliphatic heterocycles. The lowest BCUT2D eigenvalue weighted by Crippen LogP contribution is -2.47. The van der Waals surface area contributed by atoms with E-state index in [2.05, 4.69) is 86.8 Å². The van der Waals surface area contributed by atoms with Crippen molar-refractivity contribution in [3.63, 3.8) is 0 Å². The number of allylic oxidation sites excluding steroid dienone is 11. The smallest absolute Gasteiger partial charge is 0.456 e. The average molecular weight is 1240 g/mol. The van der Waals surface area contributed by atoms with Crippen molar-refractivity contribution in [2.24, 2.45) is 0 Å². The van der Waals surface area contributed by atoms with Crippen LogP contribution in [0, 0.1) is 0 Å². The Morgan fingerprint density at radius 3 is 1.07 bits per heavy atom. The first-order chi connectivity index (χ1) is 42.4. The lowest BCUT2D eigenvalue weighted by molar-refractivity contribution is -0.870. The third kappa shape index (κ3) is 67.7. The first kappa shape index (κ1) is 84.5. The van der Waals surface area contributed by atoms with Crippen LogP contribution in [0.4, 0.5) is 0 Å². The summed E-state index contributed by atoms with van der Waals surface area (Å²) < 4.78 is 30.9. The van der Waals surface area contributed by atoms with E-state index in [-0.39, 0.29) is 25.1 Å². The van der Waals surface area contributed by atoms with Crippen LogP contribution in [0.2, 0.25) is 0 Å². The number of likely N-dealkylation sites (N-methyl/N-ethyl adjacent to an activating group) is 1. The summed E-state index contributed by atoms with van der Waals surface area (Å²) >= 11 is 0. The van der Waals surface area contributed by atoms with Crippen LogP contribution < -0.4 is 5.32 Å². The van der Waals surface area contributed by atoms with Gasteiger partial charge in [-0.1, -0.05) is 312 Å². The quantitative estimate of drug-likeness (QED) is 0.0205. The van der Waals surface area contributed by atoms with Crippen molar-refractivity contribution in [1.29, 1.82) is 0 Å². The van der Waals surface area contributed by atoms with Crippen LogP contribution in [0.3, 0.4) is 0 Å². The zero-order chi connectivity index (χ0) is 63.5. The van der Waals surface area contributed by atoms with Gasteiger partial charge >= 0.3 is 13.8 Å². The number of rotatable bonds is 68. The molecule has 0 aromatic heterocycles. The number of hydrogen-bond donors (Lipinski definition) is 2. The molecule has 9 nitrogen and oxygen atoms in total. The van der Waals surface area contributed by atoms with Gasteiger partial charge in [0.2, 0.25) is 5.91 Å². The van der Waals surface area contributed by atoms with Crippen molar-refractivity contribution in [3.05, 3.63) is 72.9 Å². The van der Waals surface area contributed by atoms with Crippen molar-refractivity contribution < 1.29 is 37.3 Å². The van der Waals surface area contributed by atoms with Crippen LogP contribution in [0.15, 0.2) is 72.9 Å². The summed E-state index contributed by atoms with van der Waals surface area (Å²) in [6.07, 6.45) is 87.7. The molecule has 508 valence electrons. The molecule has 3 unspecified atom stereocenters. The Morgan fingerprint density at radius 1 is 0.402 bits per heavy atom. The van der Waals surface area contributed by atoms with Crippen molar-refractivity contribution in [3.8, 4) is 0 Å². The summed E-state index contributed by atoms with van der Waals surface area (Å²) in [4.78, 5) is 38.0. The summed E-state index contributed by atoms with van der Waals surface area (Å²) in [7, 11) is 1.50. The van der Waals surface area contributed by atoms with E-state index in [1.807, 2.05) is 33.3 Å². The number of nitrogens with zero attached hydrogens (tertiary/aromatic N) is 1. The van der Waals surface area contributed by atoms with Crippen molar-refractivity contribution in [2.75, 3.05) is 40.9 Å². The lowest BCUT2D eigenvalue weighted by Gasteiger charge is -2.27. The van der Waals surface area contributed by atoms with Crippen molar-refractivity contribution in [2.45, 2.75) is 367 Å². The number of esters is 1. The van der Waals surface area contributed by atoms with Crippen molar-refractivity contribution in [1.82, 2.24) is 5.32 Å². The number of nitrogens with one attached hydrogen (secondary N) is 1. The first-order valence-electron chi connectivity index (χ1n) is 37.3. The third-order valence-electron chi connectivity index (χ3n) is 16.6. The van der Waals surface area contributed by atoms with Gasteiger partial charge in [0.25, 0.3) is 0 Å². The van der Waals surface area contributed by atoms with Crippen LogP contribution in [-0.4, -0.2) is 74.3 Å². The Balaban J connectivity index is 5.05. The molecule has 87 heavy (non-hydrogen) atoms. The molecule has 0 spiro atoms. The maximum atomic E-state index is 13.6. The second-order valence-corrected chi connectivity index (χ2v) is 27.9. The highest BCUT2D eigenvalue weighted by Gasteiger charge is 2.30. The fraction of sp³-hybridized carbons (Fsp3) is 0.818. The summed E-state index contributed by atoms with van der Waals surface area (Å²) in [5.41, 5.74) is 0. The minimum Gasteiger partial charge on any atom is -0.456 e. The number of hydrogen-bond acceptors (Lipinski definition) is 6. The molecule has 0 saturated heterocycles. The van der Waals surface area contributed by atoms with Gasteiger partial charge < -0.3 is 19.4 Å². The molecule has 0 bridgehead atoms. The fourth-order valence-electron chi connectivity index (χ4n) is 10.9. The largest absolute Gasteiger partial charge is 0.472 e. The van der Waals surface area contributed by atoms with E-state index in [1.54, 1.807) is 0 Å². The number of phosphoric ester groups is 1. The minimum absolute atomic E-state index is 0.0392. The molecule has 1 amide bonds. The van der Waals surface area contributed by atoms with Gasteiger partial charge in [-0.3, -0.25) is 18.6 Å². The molecule has 0 fully saturated rings. The van der Waals surface area contributed by atoms with E-state index < -0.39 is 20.0 Å². The molecular weight excluding hydrogens is 1100 g/mol. The van der Waals surface area contributed by atoms with Gasteiger partial charge in [0.1, 0.15) is 19.3 Å². The van der Waals surface area contributed by atoms with Gasteiger partial charge in [-0.25, -0.2) is 4.57 Å². The second-order valence-electron chi connectivity index (χ2n) is 26.5. The van der Waals surface area contributed by atoms with E-state index in [9.17, 15) is 19.0 Å². The molecule has 0 radical (unpaired) electrons. The van der Waals surface area contributed by atoms with E-state index >= 15 is 0 Å². The molecule has 0 aliphatic carbocycles. The highest BCUT2D eigenvalue weighted by Crippen LogP contribution is 2.43. The molecule has 10 heteroatoms. The van der Waals surface area contributed by atoms with Crippen LogP contribution in [0.1, 0.15) is 355 Å². The zero-order valence-corrected chi connectivity index (χ0v) is 59.2. The molecule has 0 saturated carbocycles. The standard InChI is InChI=1S/C77H143N2O7P/c1-7-10-13-16-19-22-25-28-30-32-34-36-38-39-41-42-44-46-48-51-54-57-60-63-66-69-76(80)78-74(73-85-87(82,83)84-72-71-79(4,5)6)75(68-65-62-59-56-53-50-27-24-21-18-15-12-9-3)86-77(81)70-67-64-61-58-55-52-49-47-45-43-40-37-35-33-31-29-26-23-20-17-14-11-8-2/h19-20,22-23,28-31,34,36,65,68,74-75H,7-18,21,24-27,32-33,35,37-64,66-67,69-73H2,1-6H3,(H-,78,80,82,83)/p+1/b22-19-,23-20-,30-28-,31-29-,36-34-,68-65+. The molecule has 2 N–H and O–H groups in total. The van der Waals surface area contributed by atoms with Gasteiger partial charge in [0.05, 0.1) is 33.8 Å². The Kier molecular flexibility index (Phi) is 64.4. The first-order valence-corrected chi connectivity index (χ1v) is 38.8. The number of ether oxygens (including phenoxy) is 1. The number of carbonyl (C=O) groups excluding carboxylic acids is 2. The summed E-state index contributed by atoms with van der Waals surface area (Å²) in [6, 6.07) is -0.853. The summed E-state index contributed by atoms with van der Waals surface area (Å²) in [5.74, 6) is -0.495. The van der Waals surface area contributed by atoms with Gasteiger partial charge in [-0.15, -0.1) is 0 Å². The van der Waals surface area contributed by atoms with Crippen LogP contribution in [0.25, 0.3) is 0 Å². The van der Waals surface area contributed by atoms with Gasteiger partial charge in [-0.05, 0) is 102 Å². The topological polar surface area (TPSA) is 111 Å². The highest BCUT2D eigenvalue weighted by molar-refractivity contribution is 7.47. The van der Waals surface area contributed by atoms with Gasteiger partial charge in [0.15, 0.2) is 0 Å². The van der Waals surface area contributed by atoms with Gasteiger partial charge in [0, 0.05) is 12.8 Å². The summed E-state index contributed by atoms with van der Waals surface area (Å²) in [5, 5.41) is 3.08. The fourth-order valence-corrected chi connectivity index (χ4v) is 11.6. The van der Waals surface area contributed by atoms with Crippen LogP contribution in [-0.2, 0) is 27.9 Å². The predicted molar refractivity (Wildman–Crippen MR) is 378 cm³/mol. The Morgan fingerprint density at radius 2 is 0.701 bits per heavy atom. The number of quaternary nitrogens is 1. The molecule has 0 aromatic rings. The molecule has 0 rings (SSSR count). The van der Waals surface area contributed by atoms with Crippen molar-refractivity contribution >= 4 is 19.7 Å². The SMILES string of the molecule is CCCCC/C=C\C/C=C\C/C=C\CCCCCCCCCCCCCCC(=O)NC(COP(=O)(O)OCC[N+](C)(C)C)C(/C=C/CCCCCCCCCCCCC)OC(=O)CCCCCCCCCCCCCCC/C=C\C/C=C\CCCCC. The van der Waals surface area contributed by atoms with E-state index in [1.165, 1.54) is 244 Å². The number of unbranched alkanes of at least 4 members (excludes halogenated alkanes) is 42. The molecule has 0 aromatic carbocycles. The second kappa shape index (κ2) is 66.4. The van der Waals surface area contributed by atoms with E-state index in [0.29, 0.717) is 23.9 Å². The minimum atomic E-state index is -4.46. The van der Waals surface area contributed by atoms with Crippen LogP contribution >= 0.6 is 7.82 Å². The van der Waals surface area contributed by atoms with Gasteiger partial charge in [-0.2, -0.15) is 0 Å².